The van der Waals surface area contributed by atoms with E-state index in [1.165, 1.54) is 23.2 Å². The molecule has 0 radical (unpaired) electrons. The first kappa shape index (κ1) is 24.1. The summed E-state index contributed by atoms with van der Waals surface area (Å²) in [6.45, 7) is 2.18. The molecule has 0 fully saturated rings. The summed E-state index contributed by atoms with van der Waals surface area (Å²) in [7, 11) is 0. The van der Waals surface area contributed by atoms with Gasteiger partial charge < -0.3 is 20.2 Å². The molecule has 0 aliphatic carbocycles. The van der Waals surface area contributed by atoms with Gasteiger partial charge in [0.15, 0.2) is 0 Å². The number of carboxylic acid groups (broad SMARTS) is 1. The van der Waals surface area contributed by atoms with Crippen molar-refractivity contribution in [2.45, 2.75) is 38.1 Å². The minimum Gasteiger partial charge on any atom is -0.479 e. The number of amides is 1. The third-order valence-corrected chi connectivity index (χ3v) is 5.82. The van der Waals surface area contributed by atoms with Gasteiger partial charge in [0.25, 0.3) is 0 Å². The third kappa shape index (κ3) is 6.49. The molecule has 0 aliphatic heterocycles. The molecule has 2 atom stereocenters. The van der Waals surface area contributed by atoms with Crippen LogP contribution >= 0.6 is 0 Å². The summed E-state index contributed by atoms with van der Waals surface area (Å²) in [5, 5.41) is 28.6. The van der Waals surface area contributed by atoms with Crippen molar-refractivity contribution in [2.75, 3.05) is 13.2 Å². The van der Waals surface area contributed by atoms with Gasteiger partial charge in [0.2, 0.25) is 0 Å². The van der Waals surface area contributed by atoms with Crippen LogP contribution in [-0.2, 0) is 0 Å². The molecule has 0 aliphatic rings. The lowest BCUT2D eigenvalue weighted by Gasteiger charge is -2.29. The Morgan fingerprint density at radius 2 is 1.70 bits per heavy atom. The zero-order valence-electron chi connectivity index (χ0n) is 18.4. The number of aliphatic hydroxyl groups excluding tert-OH is 1. The first-order valence-electron chi connectivity index (χ1n) is 10.9. The van der Waals surface area contributed by atoms with Gasteiger partial charge in [-0.2, -0.15) is 4.98 Å². The number of nitrogens with zero attached hydrogens (tertiary/aromatic N) is 3. The van der Waals surface area contributed by atoms with Gasteiger partial charge in [0, 0.05) is 24.9 Å². The molecule has 1 aromatic heterocycles. The Kier molecular flexibility index (Phi) is 8.32. The molecule has 0 saturated carbocycles. The summed E-state index contributed by atoms with van der Waals surface area (Å²) >= 11 is 0. The van der Waals surface area contributed by atoms with Gasteiger partial charge in [0.05, 0.1) is 11.7 Å². The first-order chi connectivity index (χ1) is 15.9. The second kappa shape index (κ2) is 11.4. The van der Waals surface area contributed by atoms with E-state index in [1.807, 2.05) is 31.2 Å². The summed E-state index contributed by atoms with van der Waals surface area (Å²) in [6, 6.07) is 14.6. The van der Waals surface area contributed by atoms with Gasteiger partial charge in [-0.3, -0.25) is 0 Å². The molecule has 8 heteroatoms. The summed E-state index contributed by atoms with van der Waals surface area (Å²) < 4.78 is 13.3. The average Bonchev–Trinajstić information content (AvgIpc) is 2.81. The van der Waals surface area contributed by atoms with E-state index in [-0.39, 0.29) is 30.4 Å². The predicted octanol–water partition coefficient (Wildman–Crippen LogP) is 4.98. The van der Waals surface area contributed by atoms with Crippen LogP contribution in [0.5, 0.6) is 6.01 Å². The number of aromatic nitrogens is 2. The Bertz CT molecular complexity index is 1040. The Balaban J connectivity index is 1.73. The van der Waals surface area contributed by atoms with Crippen LogP contribution in [0.4, 0.5) is 9.18 Å². The fourth-order valence-corrected chi connectivity index (χ4v) is 3.92. The van der Waals surface area contributed by atoms with E-state index >= 15 is 0 Å². The molecule has 3 N–H and O–H groups in total. The van der Waals surface area contributed by atoms with Crippen LogP contribution < -0.4 is 0 Å². The highest BCUT2D eigenvalue weighted by Crippen LogP contribution is 2.29. The zero-order valence-corrected chi connectivity index (χ0v) is 18.4. The number of aromatic hydroxyl groups is 1. The topological polar surface area (TPSA) is 107 Å². The number of carbonyl (C=O) groups is 1. The van der Waals surface area contributed by atoms with Crippen molar-refractivity contribution in [1.82, 2.24) is 14.9 Å². The lowest BCUT2D eigenvalue weighted by Crippen LogP contribution is -2.34. The van der Waals surface area contributed by atoms with Gasteiger partial charge in [-0.25, -0.2) is 14.2 Å². The molecule has 7 nitrogen and oxygen atoms in total. The van der Waals surface area contributed by atoms with Crippen molar-refractivity contribution in [3.8, 4) is 17.3 Å². The highest BCUT2D eigenvalue weighted by atomic mass is 19.1. The van der Waals surface area contributed by atoms with Crippen molar-refractivity contribution >= 4 is 6.09 Å². The molecule has 1 heterocycles. The van der Waals surface area contributed by atoms with Crippen molar-refractivity contribution in [2.24, 2.45) is 0 Å². The second-order valence-electron chi connectivity index (χ2n) is 7.92. The monoisotopic (exact) mass is 453 g/mol. The number of hydrogen-bond donors (Lipinski definition) is 3. The molecular formula is C25H28FN3O4. The molecule has 0 unspecified atom stereocenters. The normalized spacial score (nSPS) is 12.8. The fraction of sp³-hybridized carbons (Fsp3) is 0.320. The lowest BCUT2D eigenvalue weighted by molar-refractivity contribution is 0.125. The predicted molar refractivity (Wildman–Crippen MR) is 122 cm³/mol. The van der Waals surface area contributed by atoms with Crippen LogP contribution in [0.2, 0.25) is 0 Å². The smallest absolute Gasteiger partial charge is 0.407 e. The van der Waals surface area contributed by atoms with Crippen LogP contribution in [0, 0.1) is 5.82 Å². The second-order valence-corrected chi connectivity index (χ2v) is 7.92. The van der Waals surface area contributed by atoms with Crippen molar-refractivity contribution < 1.29 is 24.5 Å². The molecule has 1 amide bonds. The van der Waals surface area contributed by atoms with E-state index in [0.29, 0.717) is 31.5 Å². The maximum absolute atomic E-state index is 13.3. The number of aliphatic hydroxyl groups is 1. The summed E-state index contributed by atoms with van der Waals surface area (Å²) in [5.41, 5.74) is 3.11. The maximum atomic E-state index is 13.3. The Morgan fingerprint density at radius 1 is 1.03 bits per heavy atom. The maximum Gasteiger partial charge on any atom is 0.407 e. The highest BCUT2D eigenvalue weighted by molar-refractivity contribution is 5.66. The number of halogens is 1. The average molecular weight is 454 g/mol. The molecule has 0 saturated heterocycles. The SMILES string of the molecule is C[C@@H](c1ccc(-c2ccnc(O)n2)cc1)N(CC[C@H](CCCO)c1ccc(F)cc1)C(=O)O. The zero-order chi connectivity index (χ0) is 23.8. The molecule has 3 rings (SSSR count). The van der Waals surface area contributed by atoms with Crippen molar-refractivity contribution in [1.29, 1.82) is 0 Å². The quantitative estimate of drug-likeness (QED) is 0.400. The van der Waals surface area contributed by atoms with E-state index < -0.39 is 6.09 Å². The van der Waals surface area contributed by atoms with E-state index in [9.17, 15) is 24.5 Å². The van der Waals surface area contributed by atoms with Crippen LogP contribution in [-0.4, -0.2) is 49.4 Å². The molecule has 2 aromatic carbocycles. The first-order valence-corrected chi connectivity index (χ1v) is 10.9. The Hall–Kier alpha value is -3.52. The molecule has 0 bridgehead atoms. The minimum absolute atomic E-state index is 0.0135. The van der Waals surface area contributed by atoms with Gasteiger partial charge >= 0.3 is 12.1 Å². The van der Waals surface area contributed by atoms with E-state index in [4.69, 9.17) is 0 Å². The van der Waals surface area contributed by atoms with Crippen LogP contribution in [0.3, 0.4) is 0 Å². The lowest BCUT2D eigenvalue weighted by atomic mass is 9.90. The van der Waals surface area contributed by atoms with E-state index in [2.05, 4.69) is 9.97 Å². The van der Waals surface area contributed by atoms with Gasteiger partial charge in [0.1, 0.15) is 5.82 Å². The van der Waals surface area contributed by atoms with Crippen molar-refractivity contribution in [3.63, 3.8) is 0 Å². The number of hydrogen-bond acceptors (Lipinski definition) is 5. The molecule has 0 spiro atoms. The summed E-state index contributed by atoms with van der Waals surface area (Å²) in [4.78, 5) is 21.1. The Labute approximate surface area is 192 Å². The molecule has 3 aromatic rings. The number of benzene rings is 2. The van der Waals surface area contributed by atoms with Gasteiger partial charge in [-0.05, 0) is 61.4 Å². The third-order valence-electron chi connectivity index (χ3n) is 5.82. The fourth-order valence-electron chi connectivity index (χ4n) is 3.92. The standard InChI is InChI=1S/C25H28FN3O4/c1-17(18-4-6-21(7-5-18)23-12-14-27-24(31)28-23)29(25(32)33)15-13-19(3-2-16-30)20-8-10-22(26)11-9-20/h4-12,14,17,19,30H,2-3,13,15-16H2,1H3,(H,32,33)(H,27,28,31)/t17-,19-/m0/s1. The number of rotatable bonds is 10. The van der Waals surface area contributed by atoms with Crippen LogP contribution in [0.15, 0.2) is 60.8 Å². The van der Waals surface area contributed by atoms with E-state index in [1.54, 1.807) is 18.2 Å². The van der Waals surface area contributed by atoms with Crippen LogP contribution in [0.1, 0.15) is 49.3 Å². The van der Waals surface area contributed by atoms with E-state index in [0.717, 1.165) is 16.7 Å². The molecular weight excluding hydrogens is 425 g/mol. The van der Waals surface area contributed by atoms with Crippen LogP contribution in [0.25, 0.3) is 11.3 Å². The Morgan fingerprint density at radius 3 is 2.30 bits per heavy atom. The summed E-state index contributed by atoms with van der Waals surface area (Å²) in [5.74, 6) is -0.305. The minimum atomic E-state index is -1.02. The van der Waals surface area contributed by atoms with Gasteiger partial charge in [-0.1, -0.05) is 36.4 Å². The summed E-state index contributed by atoms with van der Waals surface area (Å²) in [6.07, 6.45) is 2.28. The highest BCUT2D eigenvalue weighted by Gasteiger charge is 2.23. The van der Waals surface area contributed by atoms with Crippen molar-refractivity contribution in [3.05, 3.63) is 77.7 Å². The molecule has 174 valence electrons. The largest absolute Gasteiger partial charge is 0.479 e. The molecule has 33 heavy (non-hydrogen) atoms. The van der Waals surface area contributed by atoms with Gasteiger partial charge in [-0.15, -0.1) is 0 Å².